The molecule has 31 heavy (non-hydrogen) atoms. The molecule has 8 heteroatoms. The lowest BCUT2D eigenvalue weighted by molar-refractivity contribution is -0.140. The van der Waals surface area contributed by atoms with Gasteiger partial charge in [0.25, 0.3) is 11.8 Å². The number of fused-ring (bicyclic) bond motifs is 5. The third-order valence-electron chi connectivity index (χ3n) is 6.12. The SMILES string of the molecule is O=C1[C@@H]2[C@H](C(=O)N1N=Cc1cc(Cl)c(OCc3ccccc3Cl)c(Br)c1)[C@H]1C=C[C@H]2C1. The summed E-state index contributed by atoms with van der Waals surface area (Å²) in [5.74, 6) is -0.175. The number of benzene rings is 2. The highest BCUT2D eigenvalue weighted by atomic mass is 79.9. The second kappa shape index (κ2) is 8.08. The Hall–Kier alpha value is -2.15. The summed E-state index contributed by atoms with van der Waals surface area (Å²) in [4.78, 5) is 25.5. The third kappa shape index (κ3) is 3.60. The predicted octanol–water partition coefficient (Wildman–Crippen LogP) is 5.48. The summed E-state index contributed by atoms with van der Waals surface area (Å²) in [6.07, 6.45) is 6.48. The highest BCUT2D eigenvalue weighted by molar-refractivity contribution is 9.10. The number of hydrogen-bond acceptors (Lipinski definition) is 4. The molecule has 2 bridgehead atoms. The smallest absolute Gasteiger partial charge is 0.254 e. The summed E-state index contributed by atoms with van der Waals surface area (Å²) in [5, 5.41) is 6.21. The molecule has 1 heterocycles. The van der Waals surface area contributed by atoms with Gasteiger partial charge in [0.2, 0.25) is 0 Å². The monoisotopic (exact) mass is 518 g/mol. The molecule has 1 saturated heterocycles. The molecular weight excluding hydrogens is 503 g/mol. The maximum Gasteiger partial charge on any atom is 0.254 e. The first kappa shape index (κ1) is 20.7. The quantitative estimate of drug-likeness (QED) is 0.298. The van der Waals surface area contributed by atoms with Crippen LogP contribution in [0.5, 0.6) is 5.75 Å². The second-order valence-corrected chi connectivity index (χ2v) is 9.60. The molecule has 3 aliphatic rings. The van der Waals surface area contributed by atoms with Crippen molar-refractivity contribution in [3.8, 4) is 5.75 Å². The van der Waals surface area contributed by atoms with Crippen LogP contribution in [0.25, 0.3) is 0 Å². The summed E-state index contributed by atoms with van der Waals surface area (Å²) < 4.78 is 6.48. The third-order valence-corrected chi connectivity index (χ3v) is 7.36. The summed E-state index contributed by atoms with van der Waals surface area (Å²) >= 11 is 16.1. The van der Waals surface area contributed by atoms with Gasteiger partial charge in [-0.3, -0.25) is 9.59 Å². The van der Waals surface area contributed by atoms with Crippen LogP contribution in [0, 0.1) is 23.7 Å². The van der Waals surface area contributed by atoms with Gasteiger partial charge in [-0.25, -0.2) is 0 Å². The van der Waals surface area contributed by atoms with Crippen LogP contribution in [0.15, 0.2) is 58.1 Å². The Kier molecular flexibility index (Phi) is 5.40. The van der Waals surface area contributed by atoms with Crippen molar-refractivity contribution in [3.05, 3.63) is 74.2 Å². The zero-order chi connectivity index (χ0) is 21.7. The van der Waals surface area contributed by atoms with E-state index in [0.717, 1.165) is 17.0 Å². The Bertz CT molecular complexity index is 1100. The summed E-state index contributed by atoms with van der Waals surface area (Å²) in [6, 6.07) is 10.9. The number of carbonyl (C=O) groups excluding carboxylic acids is 2. The molecular formula is C23H17BrCl2N2O3. The lowest BCUT2D eigenvalue weighted by atomic mass is 9.85. The number of allylic oxidation sites excluding steroid dienone is 2. The van der Waals surface area contributed by atoms with Crippen molar-refractivity contribution in [1.29, 1.82) is 0 Å². The molecule has 2 aromatic carbocycles. The number of imide groups is 1. The largest absolute Gasteiger partial charge is 0.486 e. The Balaban J connectivity index is 1.31. The fraction of sp³-hybridized carbons (Fsp3) is 0.261. The number of amides is 2. The number of rotatable bonds is 5. The molecule has 0 unspecified atom stereocenters. The predicted molar refractivity (Wildman–Crippen MR) is 122 cm³/mol. The highest BCUT2D eigenvalue weighted by Gasteiger charge is 2.59. The normalized spacial score (nSPS) is 26.4. The van der Waals surface area contributed by atoms with E-state index in [-0.39, 0.29) is 42.1 Å². The van der Waals surface area contributed by atoms with Crippen LogP contribution in [-0.4, -0.2) is 23.0 Å². The molecule has 2 amide bonds. The van der Waals surface area contributed by atoms with Gasteiger partial charge < -0.3 is 4.74 Å². The number of carbonyl (C=O) groups is 2. The van der Waals surface area contributed by atoms with Crippen LogP contribution in [0.2, 0.25) is 10.0 Å². The van der Waals surface area contributed by atoms with Gasteiger partial charge in [-0.15, -0.1) is 0 Å². The number of nitrogens with zero attached hydrogens (tertiary/aromatic N) is 2. The van der Waals surface area contributed by atoms with Gasteiger partial charge in [-0.05, 0) is 57.9 Å². The van der Waals surface area contributed by atoms with Crippen molar-refractivity contribution in [2.45, 2.75) is 13.0 Å². The van der Waals surface area contributed by atoms with Crippen LogP contribution < -0.4 is 4.74 Å². The zero-order valence-corrected chi connectivity index (χ0v) is 19.3. The number of ether oxygens (including phenoxy) is 1. The lowest BCUT2D eigenvalue weighted by Crippen LogP contribution is -2.28. The fourth-order valence-electron chi connectivity index (χ4n) is 4.68. The minimum absolute atomic E-state index is 0.157. The Labute approximate surface area is 197 Å². The van der Waals surface area contributed by atoms with E-state index >= 15 is 0 Å². The van der Waals surface area contributed by atoms with Crippen molar-refractivity contribution in [2.75, 3.05) is 0 Å². The molecule has 0 N–H and O–H groups in total. The molecule has 0 spiro atoms. The summed E-state index contributed by atoms with van der Waals surface area (Å²) in [6.45, 7) is 0.265. The van der Waals surface area contributed by atoms with E-state index < -0.39 is 0 Å². The van der Waals surface area contributed by atoms with Crippen molar-refractivity contribution >= 4 is 57.2 Å². The van der Waals surface area contributed by atoms with Crippen LogP contribution in [0.4, 0.5) is 0 Å². The minimum atomic E-state index is -0.268. The first-order valence-corrected chi connectivity index (χ1v) is 11.4. The van der Waals surface area contributed by atoms with Gasteiger partial charge in [0.05, 0.1) is 27.5 Å². The van der Waals surface area contributed by atoms with E-state index in [1.807, 2.05) is 18.2 Å². The molecule has 4 atom stereocenters. The lowest BCUT2D eigenvalue weighted by Gasteiger charge is -2.13. The molecule has 5 rings (SSSR count). The van der Waals surface area contributed by atoms with E-state index in [4.69, 9.17) is 27.9 Å². The van der Waals surface area contributed by atoms with E-state index in [0.29, 0.717) is 25.8 Å². The maximum absolute atomic E-state index is 12.7. The summed E-state index contributed by atoms with van der Waals surface area (Å²) in [5.41, 5.74) is 1.48. The van der Waals surface area contributed by atoms with E-state index in [1.54, 1.807) is 18.2 Å². The Morgan fingerprint density at radius 1 is 1.06 bits per heavy atom. The molecule has 5 nitrogen and oxygen atoms in total. The maximum atomic E-state index is 12.7. The van der Waals surface area contributed by atoms with E-state index in [1.165, 1.54) is 6.21 Å². The van der Waals surface area contributed by atoms with Crippen molar-refractivity contribution in [3.63, 3.8) is 0 Å². The van der Waals surface area contributed by atoms with E-state index in [2.05, 4.69) is 33.2 Å². The van der Waals surface area contributed by atoms with Gasteiger partial charge in [0.15, 0.2) is 5.75 Å². The summed E-state index contributed by atoms with van der Waals surface area (Å²) in [7, 11) is 0. The van der Waals surface area contributed by atoms with Gasteiger partial charge in [-0.2, -0.15) is 10.1 Å². The van der Waals surface area contributed by atoms with Crippen LogP contribution in [0.1, 0.15) is 17.5 Å². The average Bonchev–Trinajstić information content (AvgIpc) is 3.41. The Morgan fingerprint density at radius 3 is 2.39 bits per heavy atom. The number of hydrogen-bond donors (Lipinski definition) is 0. The average molecular weight is 520 g/mol. The number of halogens is 3. The van der Waals surface area contributed by atoms with Crippen molar-refractivity contribution in [2.24, 2.45) is 28.8 Å². The molecule has 0 radical (unpaired) electrons. The second-order valence-electron chi connectivity index (χ2n) is 7.93. The Morgan fingerprint density at radius 2 is 1.74 bits per heavy atom. The molecule has 0 aromatic heterocycles. The van der Waals surface area contributed by atoms with Gasteiger partial charge in [-0.1, -0.05) is 53.6 Å². The highest BCUT2D eigenvalue weighted by Crippen LogP contribution is 2.52. The van der Waals surface area contributed by atoms with Crippen LogP contribution in [-0.2, 0) is 16.2 Å². The van der Waals surface area contributed by atoms with Crippen molar-refractivity contribution < 1.29 is 14.3 Å². The molecule has 158 valence electrons. The van der Waals surface area contributed by atoms with Gasteiger partial charge in [0.1, 0.15) is 6.61 Å². The molecule has 1 aliphatic heterocycles. The molecule has 2 aliphatic carbocycles. The zero-order valence-electron chi connectivity index (χ0n) is 16.2. The minimum Gasteiger partial charge on any atom is -0.486 e. The van der Waals surface area contributed by atoms with Crippen LogP contribution >= 0.6 is 39.1 Å². The first-order chi connectivity index (χ1) is 14.9. The number of hydrazone groups is 1. The van der Waals surface area contributed by atoms with Gasteiger partial charge >= 0.3 is 0 Å². The van der Waals surface area contributed by atoms with Gasteiger partial charge in [0, 0.05) is 10.6 Å². The van der Waals surface area contributed by atoms with E-state index in [9.17, 15) is 9.59 Å². The topological polar surface area (TPSA) is 59.0 Å². The van der Waals surface area contributed by atoms with Crippen molar-refractivity contribution in [1.82, 2.24) is 5.01 Å². The molecule has 2 aromatic rings. The van der Waals surface area contributed by atoms with Crippen LogP contribution in [0.3, 0.4) is 0 Å². The standard InChI is InChI=1S/C23H17BrCl2N2O3/c24-16-7-12(8-18(26)21(16)31-11-15-3-1-2-4-17(15)25)10-27-28-22(29)19-13-5-6-14(9-13)20(19)23(28)30/h1-8,10,13-14,19-20H,9,11H2/t13-,14-,19-,20+/m0/s1. The fourth-order valence-corrected chi connectivity index (χ4v) is 5.86. The molecule has 2 fully saturated rings. The first-order valence-electron chi connectivity index (χ1n) is 9.89. The molecule has 1 saturated carbocycles.